The lowest BCUT2D eigenvalue weighted by atomic mass is 10.1. The van der Waals surface area contributed by atoms with E-state index in [1.807, 2.05) is 25.7 Å². The van der Waals surface area contributed by atoms with E-state index in [2.05, 4.69) is 5.32 Å². The summed E-state index contributed by atoms with van der Waals surface area (Å²) in [4.78, 5) is 39.4. The first-order valence-corrected chi connectivity index (χ1v) is 10.5. The Morgan fingerprint density at radius 1 is 1.09 bits per heavy atom. The van der Waals surface area contributed by atoms with Gasteiger partial charge in [0.05, 0.1) is 26.9 Å². The molecule has 0 unspecified atom stereocenters. The summed E-state index contributed by atoms with van der Waals surface area (Å²) in [7, 11) is 0. The number of anilines is 2. The number of benzene rings is 2. The van der Waals surface area contributed by atoms with Crippen molar-refractivity contribution in [1.82, 2.24) is 4.90 Å². The van der Waals surface area contributed by atoms with Crippen molar-refractivity contribution in [1.29, 1.82) is 0 Å². The van der Waals surface area contributed by atoms with Gasteiger partial charge in [-0.25, -0.2) is 4.79 Å². The standard InChI is InChI=1S/C22H25ClN4O5/c1-22(2,3)32-21(29)26-12-10-25(11-13-26)19-9-8-15(27(30)31)14-18(19)24-20(28)16-6-4-5-7-17(16)23/h4-9,14H,10-13H2,1-3H3,(H,24,28). The Kier molecular flexibility index (Phi) is 6.88. The highest BCUT2D eigenvalue weighted by Crippen LogP contribution is 2.32. The van der Waals surface area contributed by atoms with Crippen LogP contribution in [0.25, 0.3) is 0 Å². The molecule has 1 fully saturated rings. The number of amides is 2. The van der Waals surface area contributed by atoms with Gasteiger partial charge in [0.25, 0.3) is 11.6 Å². The van der Waals surface area contributed by atoms with Crippen molar-refractivity contribution in [2.24, 2.45) is 0 Å². The monoisotopic (exact) mass is 460 g/mol. The number of ether oxygens (including phenoxy) is 1. The Labute approximate surface area is 191 Å². The zero-order chi connectivity index (χ0) is 23.5. The van der Waals surface area contributed by atoms with E-state index >= 15 is 0 Å². The highest BCUT2D eigenvalue weighted by molar-refractivity contribution is 6.34. The van der Waals surface area contributed by atoms with Gasteiger partial charge in [0.15, 0.2) is 0 Å². The van der Waals surface area contributed by atoms with Crippen molar-refractivity contribution in [2.45, 2.75) is 26.4 Å². The molecular formula is C22H25ClN4O5. The Hall–Kier alpha value is -3.33. The number of rotatable bonds is 4. The van der Waals surface area contributed by atoms with Gasteiger partial charge in [-0.1, -0.05) is 23.7 Å². The van der Waals surface area contributed by atoms with Crippen LogP contribution in [0.4, 0.5) is 21.9 Å². The number of nitro benzene ring substituents is 1. The fourth-order valence-electron chi connectivity index (χ4n) is 3.30. The van der Waals surface area contributed by atoms with E-state index in [0.717, 1.165) is 0 Å². The highest BCUT2D eigenvalue weighted by atomic mass is 35.5. The predicted octanol–water partition coefficient (Wildman–Crippen LogP) is 4.56. The molecule has 0 saturated carbocycles. The van der Waals surface area contributed by atoms with Crippen molar-refractivity contribution in [3.8, 4) is 0 Å². The van der Waals surface area contributed by atoms with E-state index in [1.54, 1.807) is 35.2 Å². The molecule has 0 spiro atoms. The third kappa shape index (κ3) is 5.67. The van der Waals surface area contributed by atoms with E-state index < -0.39 is 16.4 Å². The minimum atomic E-state index is -0.581. The Morgan fingerprint density at radius 2 is 1.75 bits per heavy atom. The first-order chi connectivity index (χ1) is 15.0. The topological polar surface area (TPSA) is 105 Å². The van der Waals surface area contributed by atoms with E-state index in [0.29, 0.717) is 37.6 Å². The second kappa shape index (κ2) is 9.44. The summed E-state index contributed by atoms with van der Waals surface area (Å²) in [6, 6.07) is 10.9. The normalized spacial score (nSPS) is 14.1. The summed E-state index contributed by atoms with van der Waals surface area (Å²) in [6.45, 7) is 7.23. The van der Waals surface area contributed by atoms with Crippen molar-refractivity contribution >= 4 is 40.7 Å². The van der Waals surface area contributed by atoms with Gasteiger partial charge >= 0.3 is 6.09 Å². The summed E-state index contributed by atoms with van der Waals surface area (Å²) in [5, 5.41) is 14.3. The molecule has 1 aliphatic rings. The fraction of sp³-hybridized carbons (Fsp3) is 0.364. The van der Waals surface area contributed by atoms with E-state index in [9.17, 15) is 19.7 Å². The van der Waals surface area contributed by atoms with Crippen LogP contribution in [-0.2, 0) is 4.74 Å². The minimum absolute atomic E-state index is 0.143. The summed E-state index contributed by atoms with van der Waals surface area (Å²) in [5.41, 5.74) is 0.467. The van der Waals surface area contributed by atoms with Gasteiger partial charge in [-0.05, 0) is 39.0 Å². The van der Waals surface area contributed by atoms with Crippen LogP contribution < -0.4 is 10.2 Å². The maximum absolute atomic E-state index is 12.8. The van der Waals surface area contributed by atoms with Crippen molar-refractivity contribution < 1.29 is 19.2 Å². The molecule has 1 N–H and O–H groups in total. The van der Waals surface area contributed by atoms with Crippen LogP contribution in [0.15, 0.2) is 42.5 Å². The summed E-state index contributed by atoms with van der Waals surface area (Å²) in [5.74, 6) is -0.468. The quantitative estimate of drug-likeness (QED) is 0.529. The molecule has 2 aromatic rings. The van der Waals surface area contributed by atoms with E-state index in [-0.39, 0.29) is 22.4 Å². The predicted molar refractivity (Wildman–Crippen MR) is 123 cm³/mol. The van der Waals surface area contributed by atoms with Gasteiger partial charge in [0.1, 0.15) is 5.60 Å². The SMILES string of the molecule is CC(C)(C)OC(=O)N1CCN(c2ccc([N+](=O)[O-])cc2NC(=O)c2ccccc2Cl)CC1. The Morgan fingerprint density at radius 3 is 2.34 bits per heavy atom. The second-order valence-corrected chi connectivity index (χ2v) is 8.75. The smallest absolute Gasteiger partial charge is 0.410 e. The van der Waals surface area contributed by atoms with Crippen LogP contribution in [0, 0.1) is 10.1 Å². The molecule has 1 saturated heterocycles. The van der Waals surface area contributed by atoms with Gasteiger partial charge in [-0.2, -0.15) is 0 Å². The molecule has 0 radical (unpaired) electrons. The minimum Gasteiger partial charge on any atom is -0.444 e. The Bertz CT molecular complexity index is 1030. The maximum Gasteiger partial charge on any atom is 0.410 e. The molecular weight excluding hydrogens is 436 g/mol. The maximum atomic E-state index is 12.8. The highest BCUT2D eigenvalue weighted by Gasteiger charge is 2.27. The average molecular weight is 461 g/mol. The lowest BCUT2D eigenvalue weighted by Crippen LogP contribution is -2.50. The first kappa shape index (κ1) is 23.3. The first-order valence-electron chi connectivity index (χ1n) is 10.1. The number of piperazine rings is 1. The zero-order valence-corrected chi connectivity index (χ0v) is 18.9. The lowest BCUT2D eigenvalue weighted by Gasteiger charge is -2.37. The summed E-state index contributed by atoms with van der Waals surface area (Å²) >= 11 is 6.12. The van der Waals surface area contributed by atoms with Gasteiger partial charge in [-0.15, -0.1) is 0 Å². The van der Waals surface area contributed by atoms with Crippen molar-refractivity contribution in [3.63, 3.8) is 0 Å². The summed E-state index contributed by atoms with van der Waals surface area (Å²) < 4.78 is 5.42. The molecule has 2 amide bonds. The van der Waals surface area contributed by atoms with Crippen LogP contribution in [0.5, 0.6) is 0 Å². The summed E-state index contributed by atoms with van der Waals surface area (Å²) in [6.07, 6.45) is -0.381. The fourth-order valence-corrected chi connectivity index (χ4v) is 3.53. The molecule has 0 aromatic heterocycles. The van der Waals surface area contributed by atoms with Crippen LogP contribution in [0.2, 0.25) is 5.02 Å². The number of halogens is 1. The van der Waals surface area contributed by atoms with Crippen LogP contribution >= 0.6 is 11.6 Å². The average Bonchev–Trinajstić information content (AvgIpc) is 2.73. The molecule has 1 heterocycles. The molecule has 10 heteroatoms. The third-order valence-electron chi connectivity index (χ3n) is 4.83. The zero-order valence-electron chi connectivity index (χ0n) is 18.1. The van der Waals surface area contributed by atoms with Crippen LogP contribution in [0.1, 0.15) is 31.1 Å². The molecule has 32 heavy (non-hydrogen) atoms. The molecule has 0 atom stereocenters. The second-order valence-electron chi connectivity index (χ2n) is 8.35. The molecule has 3 rings (SSSR count). The molecule has 1 aliphatic heterocycles. The molecule has 2 aromatic carbocycles. The number of carbonyl (C=O) groups excluding carboxylic acids is 2. The Balaban J connectivity index is 1.80. The van der Waals surface area contributed by atoms with Crippen LogP contribution in [0.3, 0.4) is 0 Å². The van der Waals surface area contributed by atoms with Gasteiger partial charge < -0.3 is 19.9 Å². The van der Waals surface area contributed by atoms with Crippen molar-refractivity contribution in [2.75, 3.05) is 36.4 Å². The number of non-ortho nitro benzene ring substituents is 1. The number of nitro groups is 1. The van der Waals surface area contributed by atoms with Gasteiger partial charge in [-0.3, -0.25) is 14.9 Å². The van der Waals surface area contributed by atoms with Gasteiger partial charge in [0.2, 0.25) is 0 Å². The number of nitrogens with zero attached hydrogens (tertiary/aromatic N) is 3. The van der Waals surface area contributed by atoms with Crippen molar-refractivity contribution in [3.05, 3.63) is 63.2 Å². The van der Waals surface area contributed by atoms with Gasteiger partial charge in [0, 0.05) is 38.3 Å². The number of hydrogen-bond acceptors (Lipinski definition) is 6. The lowest BCUT2D eigenvalue weighted by molar-refractivity contribution is -0.384. The van der Waals surface area contributed by atoms with E-state index in [4.69, 9.17) is 16.3 Å². The molecule has 0 aliphatic carbocycles. The van der Waals surface area contributed by atoms with Crippen LogP contribution in [-0.4, -0.2) is 53.6 Å². The number of hydrogen-bond donors (Lipinski definition) is 1. The largest absolute Gasteiger partial charge is 0.444 e. The molecule has 170 valence electrons. The molecule has 0 bridgehead atoms. The third-order valence-corrected chi connectivity index (χ3v) is 5.16. The molecule has 9 nitrogen and oxygen atoms in total. The number of nitrogens with one attached hydrogen (secondary N) is 1. The van der Waals surface area contributed by atoms with E-state index in [1.165, 1.54) is 12.1 Å². The number of carbonyl (C=O) groups is 2.